The van der Waals surface area contributed by atoms with Crippen LogP contribution < -0.4 is 0 Å². The van der Waals surface area contributed by atoms with Crippen molar-refractivity contribution in [1.29, 1.82) is 0 Å². The lowest BCUT2D eigenvalue weighted by Gasteiger charge is -2.58. The Kier molecular flexibility index (Phi) is 12.1. The Bertz CT molecular complexity index is 747. The Hall–Kier alpha value is -0.740. The van der Waals surface area contributed by atoms with Crippen LogP contribution in [0.2, 0.25) is 0 Å². The summed E-state index contributed by atoms with van der Waals surface area (Å²) in [6, 6.07) is 0. The van der Waals surface area contributed by atoms with Gasteiger partial charge in [-0.05, 0) is 139 Å². The molecule has 240 valence electrons. The molecule has 0 aromatic rings. The van der Waals surface area contributed by atoms with Crippen molar-refractivity contribution >= 4 is 11.6 Å². The van der Waals surface area contributed by atoms with Crippen molar-refractivity contribution in [1.82, 2.24) is 0 Å². The van der Waals surface area contributed by atoms with Gasteiger partial charge in [-0.15, -0.1) is 0 Å². The van der Waals surface area contributed by atoms with Crippen LogP contribution in [-0.4, -0.2) is 37.0 Å². The monoisotopic (exact) mass is 584 g/mol. The Balaban J connectivity index is 0.994. The van der Waals surface area contributed by atoms with Crippen molar-refractivity contribution in [3.8, 4) is 0 Å². The first-order valence-electron chi connectivity index (χ1n) is 18.9. The maximum absolute atomic E-state index is 13.9. The van der Waals surface area contributed by atoms with Crippen LogP contribution in [0.3, 0.4) is 0 Å². The predicted octanol–water partition coefficient (Wildman–Crippen LogP) is 9.80. The summed E-state index contributed by atoms with van der Waals surface area (Å²) in [7, 11) is 0. The van der Waals surface area contributed by atoms with E-state index in [0.717, 1.165) is 76.4 Å². The number of carbonyl (C=O) groups is 2. The Labute approximate surface area is 258 Å². The molecule has 4 nitrogen and oxygen atoms in total. The Morgan fingerprint density at radius 3 is 1.14 bits per heavy atom. The highest BCUT2D eigenvalue weighted by molar-refractivity contribution is 6.30. The number of carbonyl (C=O) groups excluding carboxylic acids is 2. The molecule has 0 heterocycles. The standard InChI is InChI=1S/C38H64O4/c1-3-5-7-9-27-41-33-15-11-29(12-16-33)31-19-23-37(24-20-31)35(39)38(36(37)40)25-21-32(22-26-38)30-13-17-34(18-14-30)42-28-10-8-6-4-2/h29-34H,3-28H2,1-2H3/t29-,30-,31?,32?,33-,34-,37?,38?. The Morgan fingerprint density at radius 1 is 0.476 bits per heavy atom. The molecule has 0 saturated heterocycles. The van der Waals surface area contributed by atoms with Crippen LogP contribution in [0.4, 0.5) is 0 Å². The van der Waals surface area contributed by atoms with Gasteiger partial charge in [0.25, 0.3) is 0 Å². The normalized spacial score (nSPS) is 39.1. The van der Waals surface area contributed by atoms with E-state index in [1.807, 2.05) is 0 Å². The molecule has 4 heteroatoms. The van der Waals surface area contributed by atoms with E-state index in [2.05, 4.69) is 13.8 Å². The highest BCUT2D eigenvalue weighted by atomic mass is 16.5. The van der Waals surface area contributed by atoms with Gasteiger partial charge in [-0.2, -0.15) is 0 Å². The second-order valence-corrected chi connectivity index (χ2v) is 15.4. The minimum Gasteiger partial charge on any atom is -0.378 e. The number of unbranched alkanes of at least 4 members (excludes halogenated alkanes) is 6. The second-order valence-electron chi connectivity index (χ2n) is 15.4. The lowest BCUT2D eigenvalue weighted by Crippen LogP contribution is -2.68. The number of hydrogen-bond donors (Lipinski definition) is 0. The van der Waals surface area contributed by atoms with Gasteiger partial charge < -0.3 is 9.47 Å². The number of hydrogen-bond acceptors (Lipinski definition) is 4. The van der Waals surface area contributed by atoms with E-state index >= 15 is 0 Å². The molecule has 0 atom stereocenters. The molecule has 5 rings (SSSR count). The van der Waals surface area contributed by atoms with Gasteiger partial charge in [0.05, 0.1) is 23.0 Å². The van der Waals surface area contributed by atoms with Gasteiger partial charge >= 0.3 is 0 Å². The highest BCUT2D eigenvalue weighted by Gasteiger charge is 2.71. The summed E-state index contributed by atoms with van der Waals surface area (Å²) in [6.07, 6.45) is 28.8. The lowest BCUT2D eigenvalue weighted by atomic mass is 9.41. The van der Waals surface area contributed by atoms with Gasteiger partial charge in [0, 0.05) is 13.2 Å². The zero-order chi connectivity index (χ0) is 29.4. The van der Waals surface area contributed by atoms with Crippen LogP contribution in [-0.2, 0) is 19.1 Å². The van der Waals surface area contributed by atoms with Crippen molar-refractivity contribution in [2.45, 2.75) is 180 Å². The molecule has 0 N–H and O–H groups in total. The van der Waals surface area contributed by atoms with Crippen molar-refractivity contribution < 1.29 is 19.1 Å². The third-order valence-electron chi connectivity index (χ3n) is 13.0. The SMILES string of the molecule is CCCCCCO[C@H]1CC[C@H](C2CCC3(CC2)C(=O)C2(CCC([C@H]4CC[C@H](OCCCCCC)CC4)CC2)C3=O)CC1. The topological polar surface area (TPSA) is 52.6 Å². The van der Waals surface area contributed by atoms with Crippen molar-refractivity contribution in [2.75, 3.05) is 13.2 Å². The molecular weight excluding hydrogens is 520 g/mol. The summed E-state index contributed by atoms with van der Waals surface area (Å²) in [5, 5.41) is 0. The van der Waals surface area contributed by atoms with E-state index in [9.17, 15) is 9.59 Å². The summed E-state index contributed by atoms with van der Waals surface area (Å²) >= 11 is 0. The fourth-order valence-electron chi connectivity index (χ4n) is 10.2. The minimum atomic E-state index is -0.589. The molecular formula is C38H64O4. The van der Waals surface area contributed by atoms with Crippen LogP contribution in [0.1, 0.15) is 168 Å². The van der Waals surface area contributed by atoms with E-state index in [-0.39, 0.29) is 0 Å². The molecule has 0 aliphatic heterocycles. The van der Waals surface area contributed by atoms with E-state index in [1.165, 1.54) is 103 Å². The van der Waals surface area contributed by atoms with Crippen molar-refractivity contribution in [2.24, 2.45) is 34.5 Å². The number of ether oxygens (including phenoxy) is 2. The fraction of sp³-hybridized carbons (Fsp3) is 0.947. The largest absolute Gasteiger partial charge is 0.378 e. The molecule has 5 aliphatic rings. The number of ketones is 2. The van der Waals surface area contributed by atoms with Crippen molar-refractivity contribution in [3.05, 3.63) is 0 Å². The molecule has 0 amide bonds. The summed E-state index contributed by atoms with van der Waals surface area (Å²) in [6.45, 7) is 6.38. The van der Waals surface area contributed by atoms with E-state index in [4.69, 9.17) is 9.47 Å². The van der Waals surface area contributed by atoms with Crippen LogP contribution in [0.15, 0.2) is 0 Å². The first-order chi connectivity index (χ1) is 20.5. The second kappa shape index (κ2) is 15.5. The highest BCUT2D eigenvalue weighted by Crippen LogP contribution is 2.62. The minimum absolute atomic E-state index is 0.372. The third kappa shape index (κ3) is 7.21. The van der Waals surface area contributed by atoms with Crippen LogP contribution in [0.25, 0.3) is 0 Å². The summed E-state index contributed by atoms with van der Waals surface area (Å²) in [5.41, 5.74) is -1.18. The molecule has 0 radical (unpaired) electrons. The molecule has 0 aromatic carbocycles. The summed E-state index contributed by atoms with van der Waals surface area (Å²) in [5.74, 6) is 3.72. The summed E-state index contributed by atoms with van der Waals surface area (Å²) in [4.78, 5) is 27.7. The quantitative estimate of drug-likeness (QED) is 0.151. The smallest absolute Gasteiger partial charge is 0.159 e. The van der Waals surface area contributed by atoms with Crippen LogP contribution in [0, 0.1) is 34.5 Å². The van der Waals surface area contributed by atoms with Gasteiger partial charge in [-0.25, -0.2) is 0 Å². The molecule has 2 spiro atoms. The maximum Gasteiger partial charge on any atom is 0.159 e. The summed E-state index contributed by atoms with van der Waals surface area (Å²) < 4.78 is 12.4. The molecule has 0 unspecified atom stereocenters. The lowest BCUT2D eigenvalue weighted by molar-refractivity contribution is -0.179. The van der Waals surface area contributed by atoms with Gasteiger partial charge in [0.15, 0.2) is 11.6 Å². The average molecular weight is 585 g/mol. The van der Waals surface area contributed by atoms with Crippen molar-refractivity contribution in [3.63, 3.8) is 0 Å². The average Bonchev–Trinajstić information content (AvgIpc) is 3.05. The van der Waals surface area contributed by atoms with Gasteiger partial charge in [-0.1, -0.05) is 52.4 Å². The molecule has 0 aromatic heterocycles. The third-order valence-corrected chi connectivity index (χ3v) is 13.0. The maximum atomic E-state index is 13.9. The fourth-order valence-corrected chi connectivity index (χ4v) is 10.2. The predicted molar refractivity (Wildman–Crippen MR) is 170 cm³/mol. The van der Waals surface area contributed by atoms with Crippen LogP contribution >= 0.6 is 0 Å². The molecule has 0 bridgehead atoms. The van der Waals surface area contributed by atoms with Gasteiger partial charge in [-0.3, -0.25) is 9.59 Å². The zero-order valence-electron chi connectivity index (χ0n) is 27.5. The van der Waals surface area contributed by atoms with E-state index in [0.29, 0.717) is 35.6 Å². The van der Waals surface area contributed by atoms with Crippen LogP contribution in [0.5, 0.6) is 0 Å². The van der Waals surface area contributed by atoms with E-state index in [1.54, 1.807) is 0 Å². The molecule has 42 heavy (non-hydrogen) atoms. The zero-order valence-corrected chi connectivity index (χ0v) is 27.5. The number of rotatable bonds is 14. The van der Waals surface area contributed by atoms with E-state index < -0.39 is 10.8 Å². The molecule has 5 saturated carbocycles. The van der Waals surface area contributed by atoms with Gasteiger partial charge in [0.2, 0.25) is 0 Å². The number of Topliss-reactive ketones (excluding diaryl/α,β-unsaturated/α-hetero) is 2. The first-order valence-corrected chi connectivity index (χ1v) is 18.9. The first kappa shape index (κ1) is 32.6. The molecule has 5 aliphatic carbocycles. The van der Waals surface area contributed by atoms with Gasteiger partial charge in [0.1, 0.15) is 0 Å². The Morgan fingerprint density at radius 2 is 0.810 bits per heavy atom. The molecule has 5 fully saturated rings.